The van der Waals surface area contributed by atoms with Crippen molar-refractivity contribution in [2.24, 2.45) is 17.1 Å². The molecule has 0 aromatic heterocycles. The summed E-state index contributed by atoms with van der Waals surface area (Å²) in [6, 6.07) is -0.668. The number of amides is 2. The highest BCUT2D eigenvalue weighted by Crippen LogP contribution is 2.38. The molecule has 2 saturated heterocycles. The van der Waals surface area contributed by atoms with E-state index in [4.69, 9.17) is 5.73 Å². The summed E-state index contributed by atoms with van der Waals surface area (Å²) in [5.41, 5.74) is 4.87. The third kappa shape index (κ3) is 2.34. The largest absolute Gasteiger partial charge is 0.391 e. The number of nitrogens with one attached hydrogen (secondary N) is 1. The Kier molecular flexibility index (Phi) is 3.82. The fourth-order valence-corrected chi connectivity index (χ4v) is 3.23. The number of hydrogen-bond donors (Lipinski definition) is 3. The number of hydrogen-bond acceptors (Lipinski definition) is 4. The zero-order chi connectivity index (χ0) is 14.2. The molecular formula is C13H23N3O3. The van der Waals surface area contributed by atoms with E-state index in [1.165, 1.54) is 4.90 Å². The molecule has 0 radical (unpaired) electrons. The second kappa shape index (κ2) is 5.09. The third-order valence-corrected chi connectivity index (χ3v) is 4.59. The van der Waals surface area contributed by atoms with E-state index >= 15 is 0 Å². The molecular weight excluding hydrogens is 246 g/mol. The lowest BCUT2D eigenvalue weighted by molar-refractivity contribution is -0.147. The summed E-state index contributed by atoms with van der Waals surface area (Å²) in [6.45, 7) is 5.69. The highest BCUT2D eigenvalue weighted by molar-refractivity contribution is 5.90. The molecule has 19 heavy (non-hydrogen) atoms. The molecule has 3 atom stereocenters. The molecule has 2 aliphatic heterocycles. The second-order valence-electron chi connectivity index (χ2n) is 6.00. The normalized spacial score (nSPS) is 35.1. The van der Waals surface area contributed by atoms with Crippen molar-refractivity contribution in [1.29, 1.82) is 0 Å². The molecule has 2 aliphatic rings. The predicted octanol–water partition coefficient (Wildman–Crippen LogP) is -0.931. The van der Waals surface area contributed by atoms with Crippen LogP contribution in [0.2, 0.25) is 0 Å². The van der Waals surface area contributed by atoms with E-state index in [9.17, 15) is 14.7 Å². The van der Waals surface area contributed by atoms with Gasteiger partial charge in [0.05, 0.1) is 11.5 Å². The molecule has 0 aromatic carbocycles. The molecule has 6 heteroatoms. The second-order valence-corrected chi connectivity index (χ2v) is 6.00. The summed E-state index contributed by atoms with van der Waals surface area (Å²) < 4.78 is 0. The van der Waals surface area contributed by atoms with Crippen LogP contribution in [0.3, 0.4) is 0 Å². The number of primary amides is 1. The monoisotopic (exact) mass is 269 g/mol. The first-order chi connectivity index (χ1) is 8.88. The number of likely N-dealkylation sites (tertiary alicyclic amines) is 1. The fourth-order valence-electron chi connectivity index (χ4n) is 3.23. The van der Waals surface area contributed by atoms with Crippen LogP contribution in [0.15, 0.2) is 0 Å². The standard InChI is InChI=1S/C13H23N3O3/c1-8(2)13(3-4-15-7-13)12(19)16-6-9(17)5-10(16)11(14)18/h8-10,15,17H,3-7H2,1-2H3,(H2,14,18). The van der Waals surface area contributed by atoms with Gasteiger partial charge in [-0.1, -0.05) is 13.8 Å². The molecule has 108 valence electrons. The lowest BCUT2D eigenvalue weighted by Crippen LogP contribution is -2.53. The zero-order valence-electron chi connectivity index (χ0n) is 11.6. The molecule has 0 bridgehead atoms. The minimum Gasteiger partial charge on any atom is -0.391 e. The number of aliphatic hydroxyl groups is 1. The number of carbonyl (C=O) groups is 2. The molecule has 0 aromatic rings. The van der Waals surface area contributed by atoms with Crippen molar-refractivity contribution in [3.63, 3.8) is 0 Å². The molecule has 0 saturated carbocycles. The van der Waals surface area contributed by atoms with E-state index in [0.29, 0.717) is 6.54 Å². The summed E-state index contributed by atoms with van der Waals surface area (Å²) in [4.78, 5) is 25.8. The first kappa shape index (κ1) is 14.3. The number of nitrogens with zero attached hydrogens (tertiary/aromatic N) is 1. The van der Waals surface area contributed by atoms with Gasteiger partial charge >= 0.3 is 0 Å². The Balaban J connectivity index is 2.24. The number of aliphatic hydroxyl groups excluding tert-OH is 1. The predicted molar refractivity (Wildman–Crippen MR) is 70.1 cm³/mol. The Hall–Kier alpha value is -1.14. The quantitative estimate of drug-likeness (QED) is 0.617. The maximum absolute atomic E-state index is 12.8. The van der Waals surface area contributed by atoms with Crippen molar-refractivity contribution >= 4 is 11.8 Å². The molecule has 3 unspecified atom stereocenters. The van der Waals surface area contributed by atoms with Crippen molar-refractivity contribution in [1.82, 2.24) is 10.2 Å². The molecule has 4 N–H and O–H groups in total. The Morgan fingerprint density at radius 1 is 1.47 bits per heavy atom. The highest BCUT2D eigenvalue weighted by Gasteiger charge is 2.50. The van der Waals surface area contributed by atoms with Gasteiger partial charge in [0.15, 0.2) is 0 Å². The average Bonchev–Trinajstić information content (AvgIpc) is 2.94. The summed E-state index contributed by atoms with van der Waals surface area (Å²) in [5.74, 6) is -0.399. The Labute approximate surface area is 113 Å². The van der Waals surface area contributed by atoms with Gasteiger partial charge in [0.25, 0.3) is 0 Å². The zero-order valence-corrected chi connectivity index (χ0v) is 11.6. The van der Waals surface area contributed by atoms with Crippen molar-refractivity contribution in [3.05, 3.63) is 0 Å². The van der Waals surface area contributed by atoms with E-state index < -0.39 is 23.5 Å². The Morgan fingerprint density at radius 3 is 2.63 bits per heavy atom. The first-order valence-corrected chi connectivity index (χ1v) is 6.87. The van der Waals surface area contributed by atoms with Crippen LogP contribution < -0.4 is 11.1 Å². The van der Waals surface area contributed by atoms with Crippen LogP contribution in [0.5, 0.6) is 0 Å². The Morgan fingerprint density at radius 2 is 2.16 bits per heavy atom. The van der Waals surface area contributed by atoms with Crippen LogP contribution >= 0.6 is 0 Å². The van der Waals surface area contributed by atoms with Crippen LogP contribution in [-0.4, -0.2) is 53.6 Å². The maximum Gasteiger partial charge on any atom is 0.240 e. The number of rotatable bonds is 3. The van der Waals surface area contributed by atoms with Crippen LogP contribution in [0.25, 0.3) is 0 Å². The van der Waals surface area contributed by atoms with Gasteiger partial charge in [-0.2, -0.15) is 0 Å². The molecule has 0 aliphatic carbocycles. The van der Waals surface area contributed by atoms with E-state index in [1.54, 1.807) is 0 Å². The lowest BCUT2D eigenvalue weighted by atomic mass is 9.75. The number of nitrogens with two attached hydrogens (primary N) is 1. The van der Waals surface area contributed by atoms with Crippen LogP contribution in [0.4, 0.5) is 0 Å². The summed E-state index contributed by atoms with van der Waals surface area (Å²) in [6.07, 6.45) is 0.365. The Bertz CT molecular complexity index is 377. The van der Waals surface area contributed by atoms with E-state index in [1.807, 2.05) is 13.8 Å². The number of β-amino-alcohol motifs (C(OH)–C–C–N with tert-alkyl or cyclic N) is 1. The minimum atomic E-state index is -0.668. The molecule has 0 spiro atoms. The van der Waals surface area contributed by atoms with E-state index in [2.05, 4.69) is 5.32 Å². The van der Waals surface area contributed by atoms with Crippen LogP contribution in [-0.2, 0) is 9.59 Å². The van der Waals surface area contributed by atoms with Gasteiger partial charge in [-0.3, -0.25) is 9.59 Å². The average molecular weight is 269 g/mol. The topological polar surface area (TPSA) is 95.7 Å². The van der Waals surface area contributed by atoms with Crippen LogP contribution in [0.1, 0.15) is 26.7 Å². The summed E-state index contributed by atoms with van der Waals surface area (Å²) in [7, 11) is 0. The van der Waals surface area contributed by atoms with Crippen LogP contribution in [0, 0.1) is 11.3 Å². The SMILES string of the molecule is CC(C)C1(C(=O)N2CC(O)CC2C(N)=O)CCNC1. The first-order valence-electron chi connectivity index (χ1n) is 6.87. The van der Waals surface area contributed by atoms with Crippen molar-refractivity contribution in [3.8, 4) is 0 Å². The highest BCUT2D eigenvalue weighted by atomic mass is 16.3. The summed E-state index contributed by atoms with van der Waals surface area (Å²) >= 11 is 0. The molecule has 2 fully saturated rings. The van der Waals surface area contributed by atoms with Gasteiger partial charge in [-0.05, 0) is 18.9 Å². The van der Waals surface area contributed by atoms with Gasteiger partial charge in [0.2, 0.25) is 11.8 Å². The number of carbonyl (C=O) groups excluding carboxylic acids is 2. The van der Waals surface area contributed by atoms with Gasteiger partial charge < -0.3 is 21.1 Å². The molecule has 2 amide bonds. The fraction of sp³-hybridized carbons (Fsp3) is 0.846. The lowest BCUT2D eigenvalue weighted by Gasteiger charge is -2.36. The van der Waals surface area contributed by atoms with Gasteiger partial charge in [-0.15, -0.1) is 0 Å². The van der Waals surface area contributed by atoms with Gasteiger partial charge in [0, 0.05) is 19.5 Å². The smallest absolute Gasteiger partial charge is 0.240 e. The minimum absolute atomic E-state index is 0.0483. The van der Waals surface area contributed by atoms with Crippen molar-refractivity contribution in [2.75, 3.05) is 19.6 Å². The molecule has 6 nitrogen and oxygen atoms in total. The summed E-state index contributed by atoms with van der Waals surface area (Å²) in [5, 5.41) is 12.9. The molecule has 2 heterocycles. The van der Waals surface area contributed by atoms with E-state index in [-0.39, 0.29) is 24.8 Å². The van der Waals surface area contributed by atoms with E-state index in [0.717, 1.165) is 13.0 Å². The van der Waals surface area contributed by atoms with Crippen molar-refractivity contribution in [2.45, 2.75) is 38.8 Å². The third-order valence-electron chi connectivity index (χ3n) is 4.59. The van der Waals surface area contributed by atoms with Gasteiger partial charge in [0.1, 0.15) is 6.04 Å². The maximum atomic E-state index is 12.8. The molecule has 2 rings (SSSR count). The van der Waals surface area contributed by atoms with Crippen molar-refractivity contribution < 1.29 is 14.7 Å². The van der Waals surface area contributed by atoms with Gasteiger partial charge in [-0.25, -0.2) is 0 Å².